The van der Waals surface area contributed by atoms with Crippen LogP contribution < -0.4 is 10.1 Å². The monoisotopic (exact) mass is 410 g/mol. The Morgan fingerprint density at radius 2 is 2.07 bits per heavy atom. The van der Waals surface area contributed by atoms with Gasteiger partial charge < -0.3 is 15.0 Å². The number of rotatable bonds is 5. The highest BCUT2D eigenvalue weighted by atomic mass is 32.2. The first-order chi connectivity index (χ1) is 14.0. The molecule has 2 aliphatic rings. The van der Waals surface area contributed by atoms with E-state index in [0.29, 0.717) is 29.5 Å². The predicted octanol–water partition coefficient (Wildman–Crippen LogP) is 2.10. The lowest BCUT2D eigenvalue weighted by Crippen LogP contribution is -2.37. The lowest BCUT2D eigenvalue weighted by atomic mass is 10.1. The minimum Gasteiger partial charge on any atom is -0.487 e. The van der Waals surface area contributed by atoms with Crippen LogP contribution in [0.5, 0.6) is 5.75 Å². The molecule has 3 heterocycles. The van der Waals surface area contributed by atoms with Gasteiger partial charge in [-0.3, -0.25) is 9.78 Å². The van der Waals surface area contributed by atoms with Crippen LogP contribution in [0.25, 0.3) is 0 Å². The smallest absolute Gasteiger partial charge is 0.257 e. The zero-order valence-corrected chi connectivity index (χ0v) is 16.2. The Labute approximate surface area is 168 Å². The van der Waals surface area contributed by atoms with Crippen LogP contribution in [-0.2, 0) is 21.4 Å². The first kappa shape index (κ1) is 18.9. The molecule has 0 unspecified atom stereocenters. The van der Waals surface area contributed by atoms with E-state index in [0.717, 1.165) is 5.69 Å². The van der Waals surface area contributed by atoms with E-state index < -0.39 is 10.0 Å². The van der Waals surface area contributed by atoms with E-state index in [-0.39, 0.29) is 18.2 Å². The Balaban J connectivity index is 1.41. The fourth-order valence-corrected chi connectivity index (χ4v) is 3.81. The summed E-state index contributed by atoms with van der Waals surface area (Å²) in [5.41, 5.74) is 1.80. The van der Waals surface area contributed by atoms with Crippen molar-refractivity contribution >= 4 is 27.5 Å². The molecule has 0 saturated heterocycles. The molecule has 2 aromatic rings. The zero-order chi connectivity index (χ0) is 20.3. The predicted molar refractivity (Wildman–Crippen MR) is 109 cm³/mol. The van der Waals surface area contributed by atoms with Crippen molar-refractivity contribution in [1.82, 2.24) is 9.88 Å². The van der Waals surface area contributed by atoms with Crippen molar-refractivity contribution in [2.45, 2.75) is 6.61 Å². The lowest BCUT2D eigenvalue weighted by molar-refractivity contribution is -0.112. The molecule has 148 valence electrons. The number of ether oxygens (including phenoxy) is 1. The Hall–Kier alpha value is -3.46. The summed E-state index contributed by atoms with van der Waals surface area (Å²) in [6.45, 7) is 0.589. The zero-order valence-electron chi connectivity index (χ0n) is 15.4. The maximum absolute atomic E-state index is 12.6. The standard InChI is InChI=1S/C20H18N4O4S/c25-20(15-7-8-19-23-29(26,27)11-10-24(19)13-15)22-16-5-3-6-18(12-16)28-14-17-4-1-2-9-21-17/h1-9,12-13H,10-11,14H2,(H,22,25). The second-order valence-electron chi connectivity index (χ2n) is 6.44. The van der Waals surface area contributed by atoms with Gasteiger partial charge in [-0.1, -0.05) is 12.1 Å². The van der Waals surface area contributed by atoms with Gasteiger partial charge in [0.1, 0.15) is 18.2 Å². The van der Waals surface area contributed by atoms with Crippen molar-refractivity contribution < 1.29 is 17.9 Å². The van der Waals surface area contributed by atoms with Crippen LogP contribution in [-0.4, -0.2) is 42.3 Å². The van der Waals surface area contributed by atoms with Gasteiger partial charge >= 0.3 is 0 Å². The van der Waals surface area contributed by atoms with Gasteiger partial charge in [0.25, 0.3) is 15.9 Å². The first-order valence-corrected chi connectivity index (χ1v) is 10.5. The third-order valence-electron chi connectivity index (χ3n) is 4.29. The quantitative estimate of drug-likeness (QED) is 0.810. The maximum Gasteiger partial charge on any atom is 0.257 e. The number of nitrogens with one attached hydrogen (secondary N) is 1. The number of amidine groups is 1. The molecule has 0 spiro atoms. The van der Waals surface area contributed by atoms with Crippen molar-refractivity contribution in [3.63, 3.8) is 0 Å². The van der Waals surface area contributed by atoms with E-state index in [1.165, 1.54) is 6.08 Å². The average Bonchev–Trinajstić information content (AvgIpc) is 2.72. The molecule has 1 amide bonds. The number of hydrogen-bond acceptors (Lipinski definition) is 6. The molecule has 0 radical (unpaired) electrons. The van der Waals surface area contributed by atoms with Crippen LogP contribution in [0.15, 0.2) is 77.0 Å². The van der Waals surface area contributed by atoms with Crippen molar-refractivity contribution in [1.29, 1.82) is 0 Å². The number of carbonyl (C=O) groups excluding carboxylic acids is 1. The van der Waals surface area contributed by atoms with E-state index in [1.54, 1.807) is 47.6 Å². The molecule has 1 N–H and O–H groups in total. The fourth-order valence-electron chi connectivity index (χ4n) is 2.84. The number of pyridine rings is 1. The Morgan fingerprint density at radius 1 is 1.17 bits per heavy atom. The summed E-state index contributed by atoms with van der Waals surface area (Å²) in [6, 6.07) is 12.7. The van der Waals surface area contributed by atoms with Crippen molar-refractivity contribution in [2.75, 3.05) is 17.6 Å². The molecule has 2 aliphatic heterocycles. The Bertz CT molecular complexity index is 1120. The average molecular weight is 410 g/mol. The third-order valence-corrected chi connectivity index (χ3v) is 5.45. The number of carbonyl (C=O) groups is 1. The second kappa shape index (κ2) is 7.88. The number of fused-ring (bicyclic) bond motifs is 1. The highest BCUT2D eigenvalue weighted by molar-refractivity contribution is 7.90. The highest BCUT2D eigenvalue weighted by Gasteiger charge is 2.25. The van der Waals surface area contributed by atoms with Gasteiger partial charge in [0.05, 0.1) is 17.0 Å². The first-order valence-electron chi connectivity index (χ1n) is 8.92. The van der Waals surface area contributed by atoms with Crippen molar-refractivity contribution in [3.8, 4) is 5.75 Å². The van der Waals surface area contributed by atoms with Crippen molar-refractivity contribution in [2.24, 2.45) is 4.40 Å². The molecule has 8 nitrogen and oxygen atoms in total. The van der Waals surface area contributed by atoms with E-state index in [2.05, 4.69) is 14.7 Å². The van der Waals surface area contributed by atoms with Gasteiger partial charge in [-0.2, -0.15) is 0 Å². The molecule has 0 saturated carbocycles. The van der Waals surface area contributed by atoms with Gasteiger partial charge in [-0.15, -0.1) is 4.40 Å². The second-order valence-corrected chi connectivity index (χ2v) is 8.19. The normalized spacial score (nSPS) is 17.0. The summed E-state index contributed by atoms with van der Waals surface area (Å²) in [6.07, 6.45) is 6.38. The van der Waals surface area contributed by atoms with Gasteiger partial charge in [0.15, 0.2) is 0 Å². The molecule has 0 fully saturated rings. The summed E-state index contributed by atoms with van der Waals surface area (Å²) in [5, 5.41) is 2.82. The topological polar surface area (TPSA) is 101 Å². The molecule has 29 heavy (non-hydrogen) atoms. The minimum atomic E-state index is -3.42. The Kier molecular flexibility index (Phi) is 5.13. The van der Waals surface area contributed by atoms with E-state index >= 15 is 0 Å². The molecular formula is C20H18N4O4S. The van der Waals surface area contributed by atoms with Crippen molar-refractivity contribution in [3.05, 3.63) is 78.3 Å². The van der Waals surface area contributed by atoms with E-state index in [1.807, 2.05) is 18.2 Å². The number of anilines is 1. The maximum atomic E-state index is 12.6. The van der Waals surface area contributed by atoms with Crippen LogP contribution in [0.3, 0.4) is 0 Å². The summed E-state index contributed by atoms with van der Waals surface area (Å²) in [5.74, 6) is 0.538. The van der Waals surface area contributed by atoms with Gasteiger partial charge in [0.2, 0.25) is 0 Å². The molecule has 0 bridgehead atoms. The molecule has 1 aromatic carbocycles. The van der Waals surface area contributed by atoms with Crippen LogP contribution in [0, 0.1) is 0 Å². The molecular weight excluding hydrogens is 392 g/mol. The van der Waals surface area contributed by atoms with Crippen LogP contribution in [0.2, 0.25) is 0 Å². The highest BCUT2D eigenvalue weighted by Crippen LogP contribution is 2.21. The summed E-state index contributed by atoms with van der Waals surface area (Å²) < 4.78 is 32.6. The summed E-state index contributed by atoms with van der Waals surface area (Å²) in [7, 11) is -3.42. The summed E-state index contributed by atoms with van der Waals surface area (Å²) >= 11 is 0. The van der Waals surface area contributed by atoms with Gasteiger partial charge in [-0.25, -0.2) is 8.42 Å². The van der Waals surface area contributed by atoms with E-state index in [9.17, 15) is 13.2 Å². The largest absolute Gasteiger partial charge is 0.487 e. The van der Waals surface area contributed by atoms with Crippen LogP contribution >= 0.6 is 0 Å². The Morgan fingerprint density at radius 3 is 2.90 bits per heavy atom. The van der Waals surface area contributed by atoms with Gasteiger partial charge in [-0.05, 0) is 36.4 Å². The van der Waals surface area contributed by atoms with Crippen LogP contribution in [0.1, 0.15) is 5.69 Å². The number of sulfonamides is 1. The van der Waals surface area contributed by atoms with Crippen LogP contribution in [0.4, 0.5) is 5.69 Å². The third kappa shape index (κ3) is 4.69. The molecule has 0 aliphatic carbocycles. The number of nitrogens with zero attached hydrogens (tertiary/aromatic N) is 3. The number of amides is 1. The molecule has 9 heteroatoms. The minimum absolute atomic E-state index is 0.0780. The van der Waals surface area contributed by atoms with Gasteiger partial charge in [0, 0.05) is 30.7 Å². The summed E-state index contributed by atoms with van der Waals surface area (Å²) in [4.78, 5) is 18.5. The molecule has 1 aromatic heterocycles. The SMILES string of the molecule is O=C(Nc1cccc(OCc2ccccn2)c1)C1=CN2CCS(=O)(=O)N=C2C=C1. The number of aromatic nitrogens is 1. The fraction of sp³-hybridized carbons (Fsp3) is 0.150. The number of benzene rings is 1. The number of hydrogen-bond donors (Lipinski definition) is 1. The lowest BCUT2D eigenvalue weighted by Gasteiger charge is -2.26. The van der Waals surface area contributed by atoms with E-state index in [4.69, 9.17) is 4.74 Å². The molecule has 4 rings (SSSR count). The molecule has 0 atom stereocenters.